The van der Waals surface area contributed by atoms with E-state index >= 15 is 0 Å². The molecular weight excluding hydrogens is 412 g/mol. The standard InChI is InChI=1S/C23H22N4O5/c1-4-27(23(29)17-12-18(32-26-17)14-8-6-5-7-9-14)13-21-24-16-11-20(31-3)19(30-2)10-15(16)22(28)25-21/h5-12H,4,13H2,1-3H3,(H,24,25,28). The number of rotatable bonds is 7. The van der Waals surface area contributed by atoms with Crippen molar-refractivity contribution in [1.82, 2.24) is 20.0 Å². The predicted molar refractivity (Wildman–Crippen MR) is 118 cm³/mol. The molecule has 0 atom stereocenters. The Labute approximate surface area is 183 Å². The van der Waals surface area contributed by atoms with Crippen LogP contribution in [0.5, 0.6) is 11.5 Å². The molecule has 0 unspecified atom stereocenters. The first kappa shape index (κ1) is 21.1. The number of ether oxygens (including phenoxy) is 2. The van der Waals surface area contributed by atoms with Crippen LogP contribution in [0.4, 0.5) is 0 Å². The van der Waals surface area contributed by atoms with Crippen molar-refractivity contribution in [2.24, 2.45) is 0 Å². The van der Waals surface area contributed by atoms with Gasteiger partial charge in [0.15, 0.2) is 23.0 Å². The monoisotopic (exact) mass is 434 g/mol. The minimum Gasteiger partial charge on any atom is -0.493 e. The summed E-state index contributed by atoms with van der Waals surface area (Å²) in [4.78, 5) is 34.4. The Hall–Kier alpha value is -4.14. The number of hydrogen-bond donors (Lipinski definition) is 1. The first-order valence-electron chi connectivity index (χ1n) is 10.00. The maximum atomic E-state index is 13.0. The lowest BCUT2D eigenvalue weighted by atomic mass is 10.1. The van der Waals surface area contributed by atoms with E-state index < -0.39 is 0 Å². The number of carbonyl (C=O) groups excluding carboxylic acids is 1. The van der Waals surface area contributed by atoms with E-state index in [9.17, 15) is 9.59 Å². The Balaban J connectivity index is 1.61. The van der Waals surface area contributed by atoms with Gasteiger partial charge in [-0.1, -0.05) is 35.5 Å². The summed E-state index contributed by atoms with van der Waals surface area (Å²) < 4.78 is 15.9. The van der Waals surface area contributed by atoms with Crippen molar-refractivity contribution < 1.29 is 18.8 Å². The van der Waals surface area contributed by atoms with Crippen LogP contribution < -0.4 is 15.0 Å². The summed E-state index contributed by atoms with van der Waals surface area (Å²) in [5.41, 5.74) is 1.12. The SMILES string of the molecule is CCN(Cc1nc2cc(OC)c(OC)cc2c(=O)[nH]1)C(=O)c1cc(-c2ccccc2)on1. The van der Waals surface area contributed by atoms with E-state index in [0.29, 0.717) is 40.5 Å². The number of methoxy groups -OCH3 is 2. The van der Waals surface area contributed by atoms with Gasteiger partial charge in [-0.15, -0.1) is 0 Å². The highest BCUT2D eigenvalue weighted by Crippen LogP contribution is 2.30. The third-order valence-electron chi connectivity index (χ3n) is 5.06. The second-order valence-electron chi connectivity index (χ2n) is 7.00. The zero-order chi connectivity index (χ0) is 22.7. The van der Waals surface area contributed by atoms with Gasteiger partial charge < -0.3 is 23.9 Å². The lowest BCUT2D eigenvalue weighted by Gasteiger charge is -2.19. The van der Waals surface area contributed by atoms with E-state index in [1.54, 1.807) is 18.2 Å². The van der Waals surface area contributed by atoms with Gasteiger partial charge in [0.05, 0.1) is 31.7 Å². The quantitative estimate of drug-likeness (QED) is 0.475. The summed E-state index contributed by atoms with van der Waals surface area (Å²) in [5.74, 6) is 1.42. The molecule has 32 heavy (non-hydrogen) atoms. The average molecular weight is 434 g/mol. The minimum absolute atomic E-state index is 0.0996. The smallest absolute Gasteiger partial charge is 0.276 e. The van der Waals surface area contributed by atoms with Crippen molar-refractivity contribution in [1.29, 1.82) is 0 Å². The Morgan fingerprint density at radius 2 is 1.81 bits per heavy atom. The number of hydrogen-bond acceptors (Lipinski definition) is 7. The fraction of sp³-hybridized carbons (Fsp3) is 0.217. The van der Waals surface area contributed by atoms with Crippen molar-refractivity contribution in [3.05, 3.63) is 70.4 Å². The molecule has 2 aromatic carbocycles. The van der Waals surface area contributed by atoms with Crippen molar-refractivity contribution in [2.75, 3.05) is 20.8 Å². The molecule has 0 bridgehead atoms. The molecule has 0 saturated heterocycles. The number of benzene rings is 2. The molecule has 1 N–H and O–H groups in total. The zero-order valence-electron chi connectivity index (χ0n) is 17.9. The van der Waals surface area contributed by atoms with Gasteiger partial charge in [0.2, 0.25) is 0 Å². The van der Waals surface area contributed by atoms with Crippen molar-refractivity contribution in [2.45, 2.75) is 13.5 Å². The normalized spacial score (nSPS) is 10.8. The maximum Gasteiger partial charge on any atom is 0.276 e. The number of nitrogens with zero attached hydrogens (tertiary/aromatic N) is 3. The molecule has 0 fully saturated rings. The third-order valence-corrected chi connectivity index (χ3v) is 5.06. The van der Waals surface area contributed by atoms with Crippen LogP contribution in [0.3, 0.4) is 0 Å². The van der Waals surface area contributed by atoms with E-state index in [1.807, 2.05) is 37.3 Å². The second-order valence-corrected chi connectivity index (χ2v) is 7.00. The highest BCUT2D eigenvalue weighted by atomic mass is 16.5. The molecule has 164 valence electrons. The fourth-order valence-electron chi connectivity index (χ4n) is 3.37. The largest absolute Gasteiger partial charge is 0.493 e. The van der Waals surface area contributed by atoms with Gasteiger partial charge >= 0.3 is 0 Å². The van der Waals surface area contributed by atoms with Gasteiger partial charge in [-0.05, 0) is 13.0 Å². The molecule has 9 heteroatoms. The van der Waals surface area contributed by atoms with Crippen molar-refractivity contribution in [3.63, 3.8) is 0 Å². The molecule has 0 aliphatic carbocycles. The highest BCUT2D eigenvalue weighted by molar-refractivity contribution is 5.93. The van der Waals surface area contributed by atoms with Crippen LogP contribution in [-0.2, 0) is 6.54 Å². The van der Waals surface area contributed by atoms with Gasteiger partial charge in [0.25, 0.3) is 11.5 Å². The van der Waals surface area contributed by atoms with Gasteiger partial charge in [0, 0.05) is 24.2 Å². The lowest BCUT2D eigenvalue weighted by molar-refractivity contribution is 0.0738. The topological polar surface area (TPSA) is 111 Å². The van der Waals surface area contributed by atoms with Gasteiger partial charge in [-0.3, -0.25) is 9.59 Å². The van der Waals surface area contributed by atoms with Crippen LogP contribution >= 0.6 is 0 Å². The number of carbonyl (C=O) groups is 1. The molecule has 0 radical (unpaired) electrons. The van der Waals surface area contributed by atoms with E-state index in [-0.39, 0.29) is 23.7 Å². The van der Waals surface area contributed by atoms with Gasteiger partial charge in [-0.2, -0.15) is 0 Å². The molecule has 1 amide bonds. The Morgan fingerprint density at radius 3 is 2.50 bits per heavy atom. The Morgan fingerprint density at radius 1 is 1.09 bits per heavy atom. The Kier molecular flexibility index (Phi) is 5.89. The Bertz CT molecular complexity index is 1310. The molecule has 4 aromatic rings. The molecule has 0 aliphatic heterocycles. The number of aromatic amines is 1. The van der Waals surface area contributed by atoms with Crippen LogP contribution in [-0.4, -0.2) is 46.7 Å². The molecule has 2 aromatic heterocycles. The number of amides is 1. The highest BCUT2D eigenvalue weighted by Gasteiger charge is 2.21. The van der Waals surface area contributed by atoms with Crippen molar-refractivity contribution >= 4 is 16.8 Å². The number of nitrogens with one attached hydrogen (secondary N) is 1. The fourth-order valence-corrected chi connectivity index (χ4v) is 3.37. The zero-order valence-corrected chi connectivity index (χ0v) is 17.9. The molecule has 0 saturated carbocycles. The molecule has 0 spiro atoms. The average Bonchev–Trinajstić information content (AvgIpc) is 3.32. The molecule has 4 rings (SSSR count). The van der Waals surface area contributed by atoms with Crippen LogP contribution in [0.2, 0.25) is 0 Å². The van der Waals surface area contributed by atoms with Crippen LogP contribution in [0.1, 0.15) is 23.2 Å². The predicted octanol–water partition coefficient (Wildman–Crippen LogP) is 3.26. The number of fused-ring (bicyclic) bond motifs is 1. The first-order chi connectivity index (χ1) is 15.5. The van der Waals surface area contributed by atoms with E-state index in [0.717, 1.165) is 5.56 Å². The van der Waals surface area contributed by atoms with Crippen LogP contribution in [0.15, 0.2) is 57.8 Å². The van der Waals surface area contributed by atoms with E-state index in [4.69, 9.17) is 14.0 Å². The maximum absolute atomic E-state index is 13.0. The summed E-state index contributed by atoms with van der Waals surface area (Å²) in [5, 5.41) is 4.29. The van der Waals surface area contributed by atoms with Gasteiger partial charge in [-0.25, -0.2) is 4.98 Å². The van der Waals surface area contributed by atoms with E-state index in [2.05, 4.69) is 15.1 Å². The first-order valence-corrected chi connectivity index (χ1v) is 10.00. The summed E-state index contributed by atoms with van der Waals surface area (Å²) >= 11 is 0. The van der Waals surface area contributed by atoms with E-state index in [1.165, 1.54) is 19.1 Å². The second kappa shape index (κ2) is 8.93. The third kappa shape index (κ3) is 4.04. The summed E-state index contributed by atoms with van der Waals surface area (Å²) in [6.45, 7) is 2.32. The summed E-state index contributed by atoms with van der Waals surface area (Å²) in [6.07, 6.45) is 0. The molecule has 9 nitrogen and oxygen atoms in total. The van der Waals surface area contributed by atoms with Gasteiger partial charge in [0.1, 0.15) is 5.82 Å². The number of aromatic nitrogens is 3. The molecular formula is C23H22N4O5. The summed E-state index contributed by atoms with van der Waals surface area (Å²) in [6, 6.07) is 14.2. The number of H-pyrrole nitrogens is 1. The van der Waals surface area contributed by atoms with Crippen LogP contribution in [0.25, 0.3) is 22.2 Å². The lowest BCUT2D eigenvalue weighted by Crippen LogP contribution is -2.32. The van der Waals surface area contributed by atoms with Crippen molar-refractivity contribution in [3.8, 4) is 22.8 Å². The van der Waals surface area contributed by atoms with Crippen LogP contribution in [0, 0.1) is 0 Å². The molecule has 0 aliphatic rings. The minimum atomic E-state index is -0.331. The summed E-state index contributed by atoms with van der Waals surface area (Å²) in [7, 11) is 3.01. The molecule has 2 heterocycles.